The third-order valence-corrected chi connectivity index (χ3v) is 7.25. The minimum Gasteiger partial charge on any atom is -0.496 e. The van der Waals surface area contributed by atoms with Crippen LogP contribution in [0.3, 0.4) is 0 Å². The van der Waals surface area contributed by atoms with Crippen LogP contribution in [0.5, 0.6) is 11.5 Å². The molecule has 204 valence electrons. The number of hydrogen-bond donors (Lipinski definition) is 2. The predicted molar refractivity (Wildman–Crippen MR) is 146 cm³/mol. The maximum absolute atomic E-state index is 13.5. The molecular formula is C29H44N4O4. The third-order valence-electron chi connectivity index (χ3n) is 7.25. The van der Waals surface area contributed by atoms with Crippen molar-refractivity contribution in [2.75, 3.05) is 14.2 Å². The number of benzene rings is 1. The van der Waals surface area contributed by atoms with Crippen molar-refractivity contribution in [2.45, 2.75) is 91.3 Å². The second-order valence-corrected chi connectivity index (χ2v) is 10.9. The second kappa shape index (κ2) is 13.0. The number of hydrogen-bond acceptors (Lipinski definition) is 5. The van der Waals surface area contributed by atoms with Gasteiger partial charge in [-0.15, -0.1) is 0 Å². The zero-order valence-corrected chi connectivity index (χ0v) is 23.5. The number of aromatic nitrogens is 2. The van der Waals surface area contributed by atoms with Gasteiger partial charge in [0.15, 0.2) is 5.69 Å². The molecule has 1 aliphatic rings. The Balaban J connectivity index is 1.90. The standard InChI is InChI=1S/C29H44N4O4/c1-18(2)15-22(16-27(34)30-21-11-8-9-12-21)31-29(35)23-17-24(33(32-23)20(5)19(3)4)28-25(36-6)13-10-14-26(28)37-7/h10,13-14,17-22H,8-9,11-12,15-16H2,1-7H3,(H,30,34)(H,31,35)/t20?,22-/m0/s1. The van der Waals surface area contributed by atoms with E-state index in [0.717, 1.165) is 36.9 Å². The summed E-state index contributed by atoms with van der Waals surface area (Å²) in [4.78, 5) is 26.2. The number of carbonyl (C=O) groups is 2. The number of ether oxygens (including phenoxy) is 2. The van der Waals surface area contributed by atoms with Crippen LogP contribution in [0.1, 0.15) is 89.7 Å². The highest BCUT2D eigenvalue weighted by atomic mass is 16.5. The molecule has 2 amide bonds. The first kappa shape index (κ1) is 28.5. The van der Waals surface area contributed by atoms with Crippen molar-refractivity contribution in [1.29, 1.82) is 0 Å². The van der Waals surface area contributed by atoms with E-state index < -0.39 is 0 Å². The molecule has 2 aromatic rings. The lowest BCUT2D eigenvalue weighted by Crippen LogP contribution is -2.42. The Morgan fingerprint density at radius 1 is 1.05 bits per heavy atom. The molecule has 1 heterocycles. The van der Waals surface area contributed by atoms with E-state index in [0.29, 0.717) is 29.5 Å². The maximum Gasteiger partial charge on any atom is 0.272 e. The van der Waals surface area contributed by atoms with E-state index in [4.69, 9.17) is 14.6 Å². The molecule has 37 heavy (non-hydrogen) atoms. The predicted octanol–water partition coefficient (Wildman–Crippen LogP) is 5.38. The zero-order chi connectivity index (χ0) is 27.1. The summed E-state index contributed by atoms with van der Waals surface area (Å²) in [5, 5.41) is 11.0. The van der Waals surface area contributed by atoms with Crippen LogP contribution in [-0.2, 0) is 4.79 Å². The fourth-order valence-electron chi connectivity index (χ4n) is 4.99. The fraction of sp³-hybridized carbons (Fsp3) is 0.621. The molecule has 1 aromatic carbocycles. The van der Waals surface area contributed by atoms with Crippen LogP contribution in [0.4, 0.5) is 0 Å². The highest BCUT2D eigenvalue weighted by molar-refractivity contribution is 5.94. The van der Waals surface area contributed by atoms with E-state index in [2.05, 4.69) is 45.3 Å². The highest BCUT2D eigenvalue weighted by Gasteiger charge is 2.27. The van der Waals surface area contributed by atoms with Crippen molar-refractivity contribution >= 4 is 11.8 Å². The lowest BCUT2D eigenvalue weighted by Gasteiger charge is -2.21. The van der Waals surface area contributed by atoms with Gasteiger partial charge >= 0.3 is 0 Å². The highest BCUT2D eigenvalue weighted by Crippen LogP contribution is 2.40. The molecule has 2 N–H and O–H groups in total. The fourth-order valence-corrected chi connectivity index (χ4v) is 4.99. The summed E-state index contributed by atoms with van der Waals surface area (Å²) < 4.78 is 13.2. The second-order valence-electron chi connectivity index (χ2n) is 10.9. The van der Waals surface area contributed by atoms with E-state index in [1.807, 2.05) is 22.9 Å². The summed E-state index contributed by atoms with van der Waals surface area (Å²) >= 11 is 0. The molecule has 1 fully saturated rings. The first-order valence-corrected chi connectivity index (χ1v) is 13.6. The minimum absolute atomic E-state index is 0.00347. The topological polar surface area (TPSA) is 94.5 Å². The normalized spacial score (nSPS) is 15.6. The first-order chi connectivity index (χ1) is 17.6. The zero-order valence-electron chi connectivity index (χ0n) is 23.5. The summed E-state index contributed by atoms with van der Waals surface area (Å²) in [7, 11) is 3.23. The van der Waals surface area contributed by atoms with Crippen molar-refractivity contribution < 1.29 is 19.1 Å². The summed E-state index contributed by atoms with van der Waals surface area (Å²) in [6.07, 6.45) is 5.36. The first-order valence-electron chi connectivity index (χ1n) is 13.6. The molecule has 0 aliphatic heterocycles. The lowest BCUT2D eigenvalue weighted by molar-refractivity contribution is -0.122. The SMILES string of the molecule is COc1cccc(OC)c1-c1cc(C(=O)N[C@H](CC(=O)NC2CCCC2)CC(C)C)nn1C(C)C(C)C. The monoisotopic (exact) mass is 512 g/mol. The molecule has 8 heteroatoms. The Morgan fingerprint density at radius 2 is 1.68 bits per heavy atom. The van der Waals surface area contributed by atoms with Crippen LogP contribution in [0, 0.1) is 11.8 Å². The lowest BCUT2D eigenvalue weighted by atomic mass is 10.00. The molecule has 0 spiro atoms. The Hall–Kier alpha value is -3.03. The van der Waals surface area contributed by atoms with Gasteiger partial charge in [0.25, 0.3) is 5.91 Å². The Morgan fingerprint density at radius 3 is 2.22 bits per heavy atom. The van der Waals surface area contributed by atoms with Crippen molar-refractivity contribution in [1.82, 2.24) is 20.4 Å². The van der Waals surface area contributed by atoms with Gasteiger partial charge in [0, 0.05) is 18.5 Å². The number of carbonyl (C=O) groups excluding carboxylic acids is 2. The van der Waals surface area contributed by atoms with Gasteiger partial charge in [-0.3, -0.25) is 14.3 Å². The maximum atomic E-state index is 13.5. The van der Waals surface area contributed by atoms with Gasteiger partial charge in [0.05, 0.1) is 31.5 Å². The smallest absolute Gasteiger partial charge is 0.272 e. The van der Waals surface area contributed by atoms with E-state index in [1.54, 1.807) is 20.3 Å². The van der Waals surface area contributed by atoms with Gasteiger partial charge in [-0.1, -0.05) is 46.6 Å². The summed E-state index contributed by atoms with van der Waals surface area (Å²) in [6, 6.07) is 7.41. The molecule has 8 nitrogen and oxygen atoms in total. The minimum atomic E-state index is -0.288. The average Bonchev–Trinajstić information content (AvgIpc) is 3.52. The van der Waals surface area contributed by atoms with Crippen molar-refractivity contribution in [3.8, 4) is 22.8 Å². The molecule has 1 unspecified atom stereocenters. The number of amides is 2. The number of nitrogens with one attached hydrogen (secondary N) is 2. The van der Waals surface area contributed by atoms with Gasteiger partial charge in [0.1, 0.15) is 11.5 Å². The summed E-state index contributed by atoms with van der Waals surface area (Å²) in [5.41, 5.74) is 1.81. The van der Waals surface area contributed by atoms with E-state index in [9.17, 15) is 9.59 Å². The van der Waals surface area contributed by atoms with E-state index in [1.165, 1.54) is 0 Å². The van der Waals surface area contributed by atoms with E-state index in [-0.39, 0.29) is 42.3 Å². The van der Waals surface area contributed by atoms with Gasteiger partial charge < -0.3 is 20.1 Å². The van der Waals surface area contributed by atoms with Gasteiger partial charge in [-0.25, -0.2) is 0 Å². The molecule has 1 aromatic heterocycles. The molecule has 1 aliphatic carbocycles. The average molecular weight is 513 g/mol. The molecule has 0 saturated heterocycles. The number of rotatable bonds is 12. The van der Waals surface area contributed by atoms with Crippen LogP contribution in [0.15, 0.2) is 24.3 Å². The number of methoxy groups -OCH3 is 2. The molecule has 2 atom stereocenters. The molecular weight excluding hydrogens is 468 g/mol. The Bertz CT molecular complexity index is 1030. The van der Waals surface area contributed by atoms with Crippen LogP contribution >= 0.6 is 0 Å². The van der Waals surface area contributed by atoms with Gasteiger partial charge in [-0.2, -0.15) is 5.10 Å². The van der Waals surface area contributed by atoms with Crippen LogP contribution in [-0.4, -0.2) is 47.9 Å². The molecule has 0 bridgehead atoms. The summed E-state index contributed by atoms with van der Waals surface area (Å²) in [6.45, 7) is 10.5. The largest absolute Gasteiger partial charge is 0.496 e. The van der Waals surface area contributed by atoms with Gasteiger partial charge in [-0.05, 0) is 56.2 Å². The Labute approximate surface area is 221 Å². The quantitative estimate of drug-likeness (QED) is 0.398. The third kappa shape index (κ3) is 7.27. The van der Waals surface area contributed by atoms with Crippen molar-refractivity contribution in [2.24, 2.45) is 11.8 Å². The molecule has 0 radical (unpaired) electrons. The van der Waals surface area contributed by atoms with Crippen LogP contribution in [0.25, 0.3) is 11.3 Å². The van der Waals surface area contributed by atoms with Crippen molar-refractivity contribution in [3.63, 3.8) is 0 Å². The van der Waals surface area contributed by atoms with Gasteiger partial charge in [0.2, 0.25) is 5.91 Å². The van der Waals surface area contributed by atoms with Crippen molar-refractivity contribution in [3.05, 3.63) is 30.0 Å². The summed E-state index contributed by atoms with van der Waals surface area (Å²) in [5.74, 6) is 1.61. The molecule has 3 rings (SSSR count). The Kier molecular flexibility index (Phi) is 10.0. The van der Waals surface area contributed by atoms with Crippen LogP contribution < -0.4 is 20.1 Å². The molecule has 1 saturated carbocycles. The number of nitrogens with zero attached hydrogens (tertiary/aromatic N) is 2. The van der Waals surface area contributed by atoms with Crippen LogP contribution in [0.2, 0.25) is 0 Å². The van der Waals surface area contributed by atoms with E-state index >= 15 is 0 Å².